The highest BCUT2D eigenvalue weighted by Crippen LogP contribution is 2.60. The molecule has 128 valence electrons. The van der Waals surface area contributed by atoms with Crippen LogP contribution in [0.3, 0.4) is 0 Å². The van der Waals surface area contributed by atoms with E-state index in [-0.39, 0.29) is 29.8 Å². The number of ether oxygens (including phenoxy) is 2. The molecule has 1 N–H and O–H groups in total. The lowest BCUT2D eigenvalue weighted by molar-refractivity contribution is -0.179. The molecular weight excluding hydrogens is 306 g/mol. The SMILES string of the molecule is Cc1ncnc2c1ccn2[C@@H]1C[C@@H]2[C@@H](O)CC[C@@]23OC(C)(C)O[C@@H]13. The standard InChI is InChI=1S/C18H23N3O3/c1-10-11-5-7-21(16(11)20-9-19-10)13-8-12-14(22)4-6-18(12)15(13)23-17(2,3)24-18/h5,7,9,12-15,22H,4,6,8H2,1-3H3/t12-,13-,14+,15+,18-/m1/s1. The molecule has 0 amide bonds. The quantitative estimate of drug-likeness (QED) is 0.870. The van der Waals surface area contributed by atoms with Gasteiger partial charge in [0.15, 0.2) is 5.79 Å². The molecular formula is C18H23N3O3. The van der Waals surface area contributed by atoms with Gasteiger partial charge in [-0.15, -0.1) is 0 Å². The van der Waals surface area contributed by atoms with Crippen LogP contribution in [0.2, 0.25) is 0 Å². The fraction of sp³-hybridized carbons (Fsp3) is 0.667. The summed E-state index contributed by atoms with van der Waals surface area (Å²) in [6.45, 7) is 5.94. The molecule has 2 aromatic rings. The number of aromatic nitrogens is 3. The minimum absolute atomic E-state index is 0.0551. The minimum atomic E-state index is -0.612. The number of hydrogen-bond donors (Lipinski definition) is 1. The van der Waals surface area contributed by atoms with Gasteiger partial charge in [0, 0.05) is 17.5 Å². The summed E-state index contributed by atoms with van der Waals surface area (Å²) in [4.78, 5) is 8.79. The highest BCUT2D eigenvalue weighted by Gasteiger charge is 2.68. The molecule has 0 radical (unpaired) electrons. The Labute approximate surface area is 140 Å². The monoisotopic (exact) mass is 329 g/mol. The first-order valence-electron chi connectivity index (χ1n) is 8.75. The lowest BCUT2D eigenvalue weighted by Crippen LogP contribution is -2.41. The summed E-state index contributed by atoms with van der Waals surface area (Å²) >= 11 is 0. The van der Waals surface area contributed by atoms with Crippen LogP contribution in [0.5, 0.6) is 0 Å². The fourth-order valence-electron chi connectivity index (χ4n) is 5.28. The first kappa shape index (κ1) is 14.8. The fourth-order valence-corrected chi connectivity index (χ4v) is 5.28. The Hall–Kier alpha value is -1.50. The van der Waals surface area contributed by atoms with E-state index in [1.807, 2.05) is 20.8 Å². The smallest absolute Gasteiger partial charge is 0.164 e. The van der Waals surface area contributed by atoms with E-state index in [2.05, 4.69) is 26.8 Å². The number of aliphatic hydroxyl groups excluding tert-OH is 1. The number of aryl methyl sites for hydroxylation is 1. The molecule has 1 saturated heterocycles. The van der Waals surface area contributed by atoms with Crippen molar-refractivity contribution in [3.63, 3.8) is 0 Å². The third-order valence-electron chi connectivity index (χ3n) is 6.16. The molecule has 3 heterocycles. The molecule has 0 aromatic carbocycles. The highest BCUT2D eigenvalue weighted by molar-refractivity contribution is 5.78. The van der Waals surface area contributed by atoms with Gasteiger partial charge in [0.25, 0.3) is 0 Å². The number of aliphatic hydroxyl groups is 1. The van der Waals surface area contributed by atoms with Gasteiger partial charge in [-0.2, -0.15) is 0 Å². The number of nitrogens with zero attached hydrogens (tertiary/aromatic N) is 3. The summed E-state index contributed by atoms with van der Waals surface area (Å²) in [5, 5.41) is 11.6. The summed E-state index contributed by atoms with van der Waals surface area (Å²) in [6, 6.07) is 2.20. The van der Waals surface area contributed by atoms with E-state index in [1.165, 1.54) is 0 Å². The second-order valence-corrected chi connectivity index (χ2v) is 7.93. The molecule has 0 unspecified atom stereocenters. The van der Waals surface area contributed by atoms with Gasteiger partial charge in [0.1, 0.15) is 23.7 Å². The Morgan fingerprint density at radius 1 is 1.33 bits per heavy atom. The molecule has 2 saturated carbocycles. The summed E-state index contributed by atoms with van der Waals surface area (Å²) in [7, 11) is 0. The molecule has 6 heteroatoms. The number of rotatable bonds is 1. The Morgan fingerprint density at radius 2 is 2.17 bits per heavy atom. The molecule has 6 nitrogen and oxygen atoms in total. The Kier molecular flexibility index (Phi) is 2.82. The van der Waals surface area contributed by atoms with Crippen molar-refractivity contribution in [2.24, 2.45) is 5.92 Å². The van der Waals surface area contributed by atoms with Gasteiger partial charge in [-0.3, -0.25) is 0 Å². The zero-order valence-electron chi connectivity index (χ0n) is 14.3. The van der Waals surface area contributed by atoms with E-state index >= 15 is 0 Å². The normalized spacial score (nSPS) is 40.2. The highest BCUT2D eigenvalue weighted by atomic mass is 16.8. The molecule has 5 rings (SSSR count). The molecule has 1 aliphatic heterocycles. The Morgan fingerprint density at radius 3 is 3.00 bits per heavy atom. The molecule has 3 fully saturated rings. The largest absolute Gasteiger partial charge is 0.393 e. The zero-order chi connectivity index (χ0) is 16.7. The lowest BCUT2D eigenvalue weighted by Gasteiger charge is -2.29. The predicted molar refractivity (Wildman–Crippen MR) is 87.4 cm³/mol. The maximum absolute atomic E-state index is 10.5. The number of fused-ring (bicyclic) bond motifs is 1. The first-order chi connectivity index (χ1) is 11.4. The topological polar surface area (TPSA) is 69.4 Å². The van der Waals surface area contributed by atoms with E-state index in [1.54, 1.807) is 6.33 Å². The summed E-state index contributed by atoms with van der Waals surface area (Å²) in [5.74, 6) is -0.492. The van der Waals surface area contributed by atoms with Crippen molar-refractivity contribution in [1.82, 2.24) is 14.5 Å². The summed E-state index contributed by atoms with van der Waals surface area (Å²) in [6.07, 6.45) is 5.83. The van der Waals surface area contributed by atoms with Gasteiger partial charge in [0.2, 0.25) is 0 Å². The Bertz CT molecular complexity index is 817. The average Bonchev–Trinajstić information content (AvgIpc) is 3.19. The van der Waals surface area contributed by atoms with Crippen LogP contribution in [0.1, 0.15) is 44.8 Å². The predicted octanol–water partition coefficient (Wildman–Crippen LogP) is 2.35. The van der Waals surface area contributed by atoms with Gasteiger partial charge < -0.3 is 19.1 Å². The molecule has 2 aromatic heterocycles. The number of hydrogen-bond acceptors (Lipinski definition) is 5. The van der Waals surface area contributed by atoms with Crippen LogP contribution in [0.4, 0.5) is 0 Å². The third kappa shape index (κ3) is 1.76. The van der Waals surface area contributed by atoms with Crippen LogP contribution in [-0.4, -0.2) is 43.2 Å². The van der Waals surface area contributed by atoms with Crippen LogP contribution in [-0.2, 0) is 9.47 Å². The average molecular weight is 329 g/mol. The van der Waals surface area contributed by atoms with Gasteiger partial charge in [-0.25, -0.2) is 9.97 Å². The molecule has 1 spiro atoms. The molecule has 24 heavy (non-hydrogen) atoms. The van der Waals surface area contributed by atoms with Gasteiger partial charge in [0.05, 0.1) is 17.8 Å². The first-order valence-corrected chi connectivity index (χ1v) is 8.75. The summed E-state index contributed by atoms with van der Waals surface area (Å²) < 4.78 is 14.9. The molecule has 3 aliphatic rings. The van der Waals surface area contributed by atoms with E-state index in [4.69, 9.17) is 9.47 Å². The van der Waals surface area contributed by atoms with Crippen LogP contribution in [0, 0.1) is 12.8 Å². The van der Waals surface area contributed by atoms with Crippen molar-refractivity contribution in [3.05, 3.63) is 24.3 Å². The van der Waals surface area contributed by atoms with Crippen molar-refractivity contribution in [1.29, 1.82) is 0 Å². The molecule has 2 aliphatic carbocycles. The molecule has 0 bridgehead atoms. The van der Waals surface area contributed by atoms with Crippen molar-refractivity contribution in [2.75, 3.05) is 0 Å². The Balaban J connectivity index is 1.63. The molecule has 5 atom stereocenters. The minimum Gasteiger partial charge on any atom is -0.393 e. The van der Waals surface area contributed by atoms with Crippen molar-refractivity contribution >= 4 is 11.0 Å². The zero-order valence-corrected chi connectivity index (χ0v) is 14.3. The van der Waals surface area contributed by atoms with Gasteiger partial charge >= 0.3 is 0 Å². The maximum Gasteiger partial charge on any atom is 0.164 e. The van der Waals surface area contributed by atoms with E-state index in [0.29, 0.717) is 0 Å². The van der Waals surface area contributed by atoms with E-state index in [0.717, 1.165) is 36.0 Å². The van der Waals surface area contributed by atoms with Crippen LogP contribution in [0.25, 0.3) is 11.0 Å². The van der Waals surface area contributed by atoms with Gasteiger partial charge in [-0.1, -0.05) is 0 Å². The van der Waals surface area contributed by atoms with E-state index in [9.17, 15) is 5.11 Å². The van der Waals surface area contributed by atoms with Crippen molar-refractivity contribution in [3.8, 4) is 0 Å². The van der Waals surface area contributed by atoms with Crippen molar-refractivity contribution < 1.29 is 14.6 Å². The van der Waals surface area contributed by atoms with Crippen LogP contribution >= 0.6 is 0 Å². The third-order valence-corrected chi connectivity index (χ3v) is 6.16. The van der Waals surface area contributed by atoms with Crippen molar-refractivity contribution in [2.45, 2.75) is 69.7 Å². The summed E-state index contributed by atoms with van der Waals surface area (Å²) in [5.41, 5.74) is 1.55. The lowest BCUT2D eigenvalue weighted by atomic mass is 9.92. The van der Waals surface area contributed by atoms with Crippen LogP contribution in [0.15, 0.2) is 18.6 Å². The van der Waals surface area contributed by atoms with Gasteiger partial charge in [-0.05, 0) is 46.1 Å². The second-order valence-electron chi connectivity index (χ2n) is 7.93. The second kappa shape index (κ2) is 4.56. The van der Waals surface area contributed by atoms with E-state index < -0.39 is 5.79 Å². The van der Waals surface area contributed by atoms with Crippen LogP contribution < -0.4 is 0 Å². The maximum atomic E-state index is 10.5.